The lowest BCUT2D eigenvalue weighted by molar-refractivity contribution is -0.135. The number of esters is 1. The van der Waals surface area contributed by atoms with Gasteiger partial charge in [-0.2, -0.15) is 0 Å². The molecule has 4 nitrogen and oxygen atoms in total. The summed E-state index contributed by atoms with van der Waals surface area (Å²) in [5, 5.41) is 0. The van der Waals surface area contributed by atoms with Crippen molar-refractivity contribution in [1.29, 1.82) is 0 Å². The van der Waals surface area contributed by atoms with Gasteiger partial charge in [0.15, 0.2) is 0 Å². The number of hydrogen-bond acceptors (Lipinski definition) is 4. The van der Waals surface area contributed by atoms with E-state index in [4.69, 9.17) is 10.7 Å². The number of halogens is 1. The van der Waals surface area contributed by atoms with E-state index < -0.39 is 19.9 Å². The Morgan fingerprint density at radius 2 is 1.94 bits per heavy atom. The highest BCUT2D eigenvalue weighted by Gasteiger charge is 2.20. The molecular formula is C10H11ClO4S. The quantitative estimate of drug-likeness (QED) is 0.329. The molecule has 0 bridgehead atoms. The van der Waals surface area contributed by atoms with Gasteiger partial charge < -0.3 is 4.74 Å². The van der Waals surface area contributed by atoms with E-state index in [9.17, 15) is 13.2 Å². The fraction of sp³-hybridized carbons (Fsp3) is 0.100. The summed E-state index contributed by atoms with van der Waals surface area (Å²) in [6.45, 7) is 6.68. The number of allylic oxidation sites excluding steroid dienone is 3. The second-order valence-electron chi connectivity index (χ2n) is 2.51. The molecule has 0 spiro atoms. The number of hydrogen-bond donors (Lipinski definition) is 0. The Morgan fingerprint density at radius 3 is 2.25 bits per heavy atom. The Bertz CT molecular complexity index is 457. The van der Waals surface area contributed by atoms with Crippen LogP contribution in [0.2, 0.25) is 0 Å². The molecular weight excluding hydrogens is 252 g/mol. The third-order valence-corrected chi connectivity index (χ3v) is 2.93. The van der Waals surface area contributed by atoms with Gasteiger partial charge >= 0.3 is 5.97 Å². The highest BCUT2D eigenvalue weighted by atomic mass is 35.7. The molecule has 0 rings (SSSR count). The van der Waals surface area contributed by atoms with Crippen molar-refractivity contribution in [1.82, 2.24) is 0 Å². The zero-order chi connectivity index (χ0) is 12.8. The SMILES string of the molecule is C=C/C=C\C(C(=O)OC)=C(/C=C)S(=O)(=O)Cl. The van der Waals surface area contributed by atoms with Gasteiger partial charge in [-0.15, -0.1) is 0 Å². The zero-order valence-corrected chi connectivity index (χ0v) is 10.2. The van der Waals surface area contributed by atoms with Crippen molar-refractivity contribution >= 4 is 25.7 Å². The summed E-state index contributed by atoms with van der Waals surface area (Å²) in [4.78, 5) is 10.9. The summed E-state index contributed by atoms with van der Waals surface area (Å²) in [6, 6.07) is 0. The average Bonchev–Trinajstić information content (AvgIpc) is 2.21. The number of carbonyl (C=O) groups excluding carboxylic acids is 1. The van der Waals surface area contributed by atoms with Crippen molar-refractivity contribution in [2.45, 2.75) is 0 Å². The third-order valence-electron chi connectivity index (χ3n) is 1.52. The average molecular weight is 263 g/mol. The first kappa shape index (κ1) is 14.7. The van der Waals surface area contributed by atoms with E-state index in [0.717, 1.165) is 13.2 Å². The molecule has 0 amide bonds. The first-order valence-electron chi connectivity index (χ1n) is 4.07. The third kappa shape index (κ3) is 4.04. The lowest BCUT2D eigenvalue weighted by Gasteiger charge is -2.03. The molecule has 0 saturated carbocycles. The smallest absolute Gasteiger partial charge is 0.339 e. The Morgan fingerprint density at radius 1 is 1.38 bits per heavy atom. The van der Waals surface area contributed by atoms with Crippen LogP contribution in [-0.2, 0) is 18.6 Å². The van der Waals surface area contributed by atoms with Crippen molar-refractivity contribution in [3.8, 4) is 0 Å². The van der Waals surface area contributed by atoms with Crippen LogP contribution < -0.4 is 0 Å². The fourth-order valence-electron chi connectivity index (χ4n) is 0.866. The molecule has 0 aromatic rings. The summed E-state index contributed by atoms with van der Waals surface area (Å²) < 4.78 is 26.7. The van der Waals surface area contributed by atoms with Gasteiger partial charge in [0.1, 0.15) is 0 Å². The summed E-state index contributed by atoms with van der Waals surface area (Å²) >= 11 is 0. The summed E-state index contributed by atoms with van der Waals surface area (Å²) in [7, 11) is 2.23. The molecule has 0 N–H and O–H groups in total. The van der Waals surface area contributed by atoms with Gasteiger partial charge in [0.05, 0.1) is 17.6 Å². The minimum absolute atomic E-state index is 0.201. The predicted octanol–water partition coefficient (Wildman–Crippen LogP) is 1.91. The van der Waals surface area contributed by atoms with Crippen LogP contribution in [0.5, 0.6) is 0 Å². The molecule has 0 atom stereocenters. The standard InChI is InChI=1S/C10H11ClO4S/c1-4-6-7-8(10(12)15-3)9(5-2)16(11,13)14/h4-7H,1-2H2,3H3/b7-6-,9-8-. The molecule has 0 saturated heterocycles. The topological polar surface area (TPSA) is 60.4 Å². The van der Waals surface area contributed by atoms with Gasteiger partial charge in [-0.25, -0.2) is 13.2 Å². The van der Waals surface area contributed by atoms with Gasteiger partial charge in [0.25, 0.3) is 9.05 Å². The molecule has 0 aliphatic carbocycles. The van der Waals surface area contributed by atoms with Crippen LogP contribution >= 0.6 is 10.7 Å². The largest absolute Gasteiger partial charge is 0.465 e. The maximum atomic E-state index is 11.3. The first-order valence-corrected chi connectivity index (χ1v) is 6.38. The van der Waals surface area contributed by atoms with Crippen LogP contribution in [0.4, 0.5) is 0 Å². The Labute approximate surface area is 99.0 Å². The fourth-order valence-corrected chi connectivity index (χ4v) is 1.92. The predicted molar refractivity (Wildman–Crippen MR) is 63.3 cm³/mol. The van der Waals surface area contributed by atoms with E-state index in [0.29, 0.717) is 0 Å². The van der Waals surface area contributed by atoms with Gasteiger partial charge in [-0.3, -0.25) is 0 Å². The second kappa shape index (κ2) is 6.30. The van der Waals surface area contributed by atoms with Crippen LogP contribution in [0.25, 0.3) is 0 Å². The van der Waals surface area contributed by atoms with Crippen LogP contribution in [0, 0.1) is 0 Å². The van der Waals surface area contributed by atoms with Gasteiger partial charge in [-0.1, -0.05) is 25.3 Å². The maximum absolute atomic E-state index is 11.3. The molecule has 0 aliphatic rings. The zero-order valence-electron chi connectivity index (χ0n) is 8.64. The van der Waals surface area contributed by atoms with Crippen molar-refractivity contribution in [3.05, 3.63) is 47.9 Å². The van der Waals surface area contributed by atoms with Crippen molar-refractivity contribution in [2.24, 2.45) is 0 Å². The van der Waals surface area contributed by atoms with Crippen LogP contribution in [0.1, 0.15) is 0 Å². The maximum Gasteiger partial charge on any atom is 0.339 e. The molecule has 0 radical (unpaired) electrons. The molecule has 0 aliphatic heterocycles. The number of ether oxygens (including phenoxy) is 1. The van der Waals surface area contributed by atoms with E-state index in [1.54, 1.807) is 0 Å². The highest BCUT2D eigenvalue weighted by Crippen LogP contribution is 2.19. The van der Waals surface area contributed by atoms with Crippen LogP contribution in [0.3, 0.4) is 0 Å². The normalized spacial score (nSPS) is 13.1. The Kier molecular flexibility index (Phi) is 5.77. The summed E-state index contributed by atoms with van der Waals surface area (Å²) in [5.74, 6) is -0.822. The molecule has 6 heteroatoms. The van der Waals surface area contributed by atoms with E-state index in [1.807, 2.05) is 0 Å². The molecule has 16 heavy (non-hydrogen) atoms. The first-order chi connectivity index (χ1) is 7.38. The molecule has 0 heterocycles. The van der Waals surface area contributed by atoms with Crippen LogP contribution in [0.15, 0.2) is 47.9 Å². The van der Waals surface area contributed by atoms with Crippen LogP contribution in [-0.4, -0.2) is 21.5 Å². The Balaban J connectivity index is 5.87. The monoisotopic (exact) mass is 262 g/mol. The van der Waals surface area contributed by atoms with E-state index in [1.165, 1.54) is 18.2 Å². The number of carbonyl (C=O) groups is 1. The van der Waals surface area contributed by atoms with Gasteiger partial charge in [0.2, 0.25) is 0 Å². The molecule has 0 aromatic carbocycles. The van der Waals surface area contributed by atoms with Crippen molar-refractivity contribution in [3.63, 3.8) is 0 Å². The van der Waals surface area contributed by atoms with Crippen molar-refractivity contribution < 1.29 is 17.9 Å². The lowest BCUT2D eigenvalue weighted by atomic mass is 10.2. The summed E-state index contributed by atoms with van der Waals surface area (Å²) in [6.07, 6.45) is 4.97. The lowest BCUT2D eigenvalue weighted by Crippen LogP contribution is -2.08. The second-order valence-corrected chi connectivity index (χ2v) is 5.04. The Hall–Kier alpha value is -1.33. The van der Waals surface area contributed by atoms with Crippen molar-refractivity contribution in [2.75, 3.05) is 7.11 Å². The van der Waals surface area contributed by atoms with Gasteiger partial charge in [-0.05, 0) is 12.2 Å². The van der Waals surface area contributed by atoms with E-state index in [2.05, 4.69) is 17.9 Å². The van der Waals surface area contributed by atoms with Gasteiger partial charge in [0, 0.05) is 10.7 Å². The van der Waals surface area contributed by atoms with E-state index in [-0.39, 0.29) is 5.57 Å². The number of rotatable bonds is 5. The molecule has 88 valence electrons. The molecule has 0 aromatic heterocycles. The molecule has 0 fully saturated rings. The minimum Gasteiger partial charge on any atom is -0.465 e. The summed E-state index contributed by atoms with van der Waals surface area (Å²) in [5.41, 5.74) is -0.201. The number of methoxy groups -OCH3 is 1. The minimum atomic E-state index is -4.05. The molecule has 0 unspecified atom stereocenters. The van der Waals surface area contributed by atoms with E-state index >= 15 is 0 Å². The highest BCUT2D eigenvalue weighted by molar-refractivity contribution is 8.17.